The third kappa shape index (κ3) is 3.00. The number of imidazole rings is 1. The van der Waals surface area contributed by atoms with Crippen LogP contribution in [0.15, 0.2) is 29.1 Å². The third-order valence-electron chi connectivity index (χ3n) is 3.64. The topological polar surface area (TPSA) is 100 Å². The minimum Gasteiger partial charge on any atom is -0.369 e. The fourth-order valence-corrected chi connectivity index (χ4v) is 2.45. The largest absolute Gasteiger partial charge is 0.369 e. The Morgan fingerprint density at radius 2 is 1.82 bits per heavy atom. The van der Waals surface area contributed by atoms with E-state index in [4.69, 9.17) is 5.73 Å². The van der Waals surface area contributed by atoms with E-state index in [0.29, 0.717) is 23.4 Å². The normalized spacial score (nSPS) is 11.1. The zero-order valence-electron chi connectivity index (χ0n) is 12.5. The van der Waals surface area contributed by atoms with Crippen LogP contribution in [0.2, 0.25) is 0 Å². The van der Waals surface area contributed by atoms with Crippen molar-refractivity contribution in [3.63, 3.8) is 0 Å². The van der Waals surface area contributed by atoms with Crippen LogP contribution in [0.1, 0.15) is 36.7 Å². The molecule has 0 saturated carbocycles. The lowest BCUT2D eigenvalue weighted by molar-refractivity contribution is 0.794. The molecule has 0 fully saturated rings. The maximum Gasteiger partial charge on any atom is 0.278 e. The van der Waals surface area contributed by atoms with Gasteiger partial charge in [-0.25, -0.2) is 4.98 Å². The molecule has 2 heterocycles. The van der Waals surface area contributed by atoms with Crippen molar-refractivity contribution in [2.45, 2.75) is 32.6 Å². The lowest BCUT2D eigenvalue weighted by atomic mass is 10.0. The Balaban J connectivity index is 1.81. The number of hydrogen-bond donors (Lipinski definition) is 3. The first-order valence-electron chi connectivity index (χ1n) is 7.48. The van der Waals surface area contributed by atoms with Crippen LogP contribution in [-0.4, -0.2) is 19.9 Å². The van der Waals surface area contributed by atoms with E-state index in [1.54, 1.807) is 0 Å². The smallest absolute Gasteiger partial charge is 0.278 e. The van der Waals surface area contributed by atoms with Gasteiger partial charge in [0, 0.05) is 6.42 Å². The van der Waals surface area contributed by atoms with Gasteiger partial charge in [0.15, 0.2) is 11.2 Å². The zero-order chi connectivity index (χ0) is 15.5. The molecule has 0 atom stereocenters. The number of nitrogens with zero attached hydrogens (tertiary/aromatic N) is 2. The van der Waals surface area contributed by atoms with Crippen molar-refractivity contribution in [3.8, 4) is 0 Å². The number of nitrogens with two attached hydrogens (primary N) is 1. The summed E-state index contributed by atoms with van der Waals surface area (Å²) in [5, 5.41) is 0. The molecule has 6 heteroatoms. The number of rotatable bonds is 5. The molecule has 6 nitrogen and oxygen atoms in total. The molecule has 0 bridgehead atoms. The van der Waals surface area contributed by atoms with E-state index in [1.165, 1.54) is 18.4 Å². The summed E-state index contributed by atoms with van der Waals surface area (Å²) < 4.78 is 0. The van der Waals surface area contributed by atoms with Gasteiger partial charge in [-0.1, -0.05) is 37.6 Å². The van der Waals surface area contributed by atoms with Crippen LogP contribution in [-0.2, 0) is 12.8 Å². The van der Waals surface area contributed by atoms with Crippen molar-refractivity contribution >= 4 is 17.1 Å². The van der Waals surface area contributed by atoms with Crippen LogP contribution in [0.5, 0.6) is 0 Å². The minimum atomic E-state index is -0.295. The standard InChI is InChI=1S/C16H19N5O/c1-2-3-4-10-5-7-11(8-6-10)9-12-18-13-14(19-12)20-16(17)21-15(13)22/h5-8H,2-4,9H2,1H3,(H4,17,18,19,20,21,22). The quantitative estimate of drug-likeness (QED) is 0.671. The molecule has 0 aliphatic carbocycles. The SMILES string of the molecule is CCCCc1ccc(Cc2nc3nc(N)[nH]c(=O)c3[nH]2)cc1. The second-order valence-corrected chi connectivity index (χ2v) is 5.43. The van der Waals surface area contributed by atoms with E-state index in [9.17, 15) is 4.79 Å². The van der Waals surface area contributed by atoms with Gasteiger partial charge in [-0.3, -0.25) is 9.78 Å². The maximum absolute atomic E-state index is 11.8. The van der Waals surface area contributed by atoms with E-state index >= 15 is 0 Å². The fourth-order valence-electron chi connectivity index (χ4n) is 2.45. The second kappa shape index (κ2) is 6.01. The average molecular weight is 297 g/mol. The van der Waals surface area contributed by atoms with Gasteiger partial charge in [0.25, 0.3) is 5.56 Å². The number of benzene rings is 1. The Bertz CT molecular complexity index is 832. The lowest BCUT2D eigenvalue weighted by Gasteiger charge is -2.02. The number of unbranched alkanes of at least 4 members (excludes halogenated alkanes) is 1. The van der Waals surface area contributed by atoms with Crippen molar-refractivity contribution in [1.29, 1.82) is 0 Å². The highest BCUT2D eigenvalue weighted by molar-refractivity contribution is 5.70. The number of nitrogen functional groups attached to an aromatic ring is 1. The monoisotopic (exact) mass is 297 g/mol. The van der Waals surface area contributed by atoms with E-state index in [2.05, 4.69) is 51.1 Å². The van der Waals surface area contributed by atoms with Crippen molar-refractivity contribution in [2.75, 3.05) is 5.73 Å². The minimum absolute atomic E-state index is 0.0795. The van der Waals surface area contributed by atoms with Crippen molar-refractivity contribution < 1.29 is 0 Å². The molecule has 2 aromatic heterocycles. The Morgan fingerprint density at radius 3 is 2.55 bits per heavy atom. The second-order valence-electron chi connectivity index (χ2n) is 5.43. The van der Waals surface area contributed by atoms with E-state index in [-0.39, 0.29) is 11.5 Å². The molecule has 3 aromatic rings. The van der Waals surface area contributed by atoms with E-state index in [0.717, 1.165) is 12.0 Å². The highest BCUT2D eigenvalue weighted by Gasteiger charge is 2.09. The number of nitrogens with one attached hydrogen (secondary N) is 2. The third-order valence-corrected chi connectivity index (χ3v) is 3.64. The molecule has 0 unspecified atom stereocenters. The molecule has 0 aliphatic rings. The van der Waals surface area contributed by atoms with Crippen LogP contribution >= 0.6 is 0 Å². The van der Waals surface area contributed by atoms with Gasteiger partial charge in [0.2, 0.25) is 5.95 Å². The van der Waals surface area contributed by atoms with Gasteiger partial charge in [-0.05, 0) is 24.0 Å². The van der Waals surface area contributed by atoms with Crippen LogP contribution < -0.4 is 11.3 Å². The highest BCUT2D eigenvalue weighted by atomic mass is 16.1. The molecule has 22 heavy (non-hydrogen) atoms. The van der Waals surface area contributed by atoms with Crippen LogP contribution in [0.25, 0.3) is 11.2 Å². The summed E-state index contributed by atoms with van der Waals surface area (Å²) in [6.45, 7) is 2.19. The number of aromatic nitrogens is 4. The molecule has 0 aliphatic heterocycles. The van der Waals surface area contributed by atoms with Crippen molar-refractivity contribution in [3.05, 3.63) is 51.6 Å². The van der Waals surface area contributed by atoms with Crippen molar-refractivity contribution in [1.82, 2.24) is 19.9 Å². The molecular weight excluding hydrogens is 278 g/mol. The number of H-pyrrole nitrogens is 2. The predicted octanol–water partition coefficient (Wildman–Crippen LogP) is 2.16. The lowest BCUT2D eigenvalue weighted by Crippen LogP contribution is -2.10. The number of aryl methyl sites for hydroxylation is 1. The summed E-state index contributed by atoms with van der Waals surface area (Å²) >= 11 is 0. The average Bonchev–Trinajstić information content (AvgIpc) is 2.89. The fraction of sp³-hybridized carbons (Fsp3) is 0.312. The van der Waals surface area contributed by atoms with E-state index < -0.39 is 0 Å². The molecule has 4 N–H and O–H groups in total. The van der Waals surface area contributed by atoms with Crippen molar-refractivity contribution in [2.24, 2.45) is 0 Å². The first-order valence-corrected chi connectivity index (χ1v) is 7.48. The van der Waals surface area contributed by atoms with Crippen LogP contribution in [0.4, 0.5) is 5.95 Å². The molecule has 0 radical (unpaired) electrons. The summed E-state index contributed by atoms with van der Waals surface area (Å²) in [7, 11) is 0. The number of fused-ring (bicyclic) bond motifs is 1. The first-order chi connectivity index (χ1) is 10.7. The molecule has 114 valence electrons. The Kier molecular flexibility index (Phi) is 3.91. The summed E-state index contributed by atoms with van der Waals surface area (Å²) in [6.07, 6.45) is 4.15. The molecule has 0 amide bonds. The van der Waals surface area contributed by atoms with Gasteiger partial charge in [0.05, 0.1) is 0 Å². The van der Waals surface area contributed by atoms with Gasteiger partial charge in [-0.2, -0.15) is 4.98 Å². The summed E-state index contributed by atoms with van der Waals surface area (Å²) in [4.78, 5) is 25.6. The van der Waals surface area contributed by atoms with Gasteiger partial charge < -0.3 is 10.7 Å². The Hall–Kier alpha value is -2.63. The van der Waals surface area contributed by atoms with Crippen LogP contribution in [0.3, 0.4) is 0 Å². The predicted molar refractivity (Wildman–Crippen MR) is 86.8 cm³/mol. The van der Waals surface area contributed by atoms with Gasteiger partial charge >= 0.3 is 0 Å². The van der Waals surface area contributed by atoms with Gasteiger partial charge in [-0.15, -0.1) is 0 Å². The molecular formula is C16H19N5O. The van der Waals surface area contributed by atoms with E-state index in [1.807, 2.05) is 0 Å². The molecule has 0 spiro atoms. The van der Waals surface area contributed by atoms with Gasteiger partial charge in [0.1, 0.15) is 5.82 Å². The zero-order valence-corrected chi connectivity index (χ0v) is 12.5. The first kappa shape index (κ1) is 14.3. The molecule has 3 rings (SSSR count). The summed E-state index contributed by atoms with van der Waals surface area (Å²) in [5.74, 6) is 0.788. The molecule has 0 saturated heterocycles. The number of anilines is 1. The number of hydrogen-bond acceptors (Lipinski definition) is 4. The Labute approximate surface area is 127 Å². The summed E-state index contributed by atoms with van der Waals surface area (Å²) in [6, 6.07) is 8.50. The van der Waals surface area contributed by atoms with Crippen LogP contribution in [0, 0.1) is 0 Å². The maximum atomic E-state index is 11.8. The molecule has 1 aromatic carbocycles. The Morgan fingerprint density at radius 1 is 1.09 bits per heavy atom. The highest BCUT2D eigenvalue weighted by Crippen LogP contribution is 2.12. The number of aromatic amines is 2. The summed E-state index contributed by atoms with van der Waals surface area (Å²) in [5.41, 5.74) is 8.44.